The summed E-state index contributed by atoms with van der Waals surface area (Å²) in [7, 11) is 0. The molecule has 47 heavy (non-hydrogen) atoms. The van der Waals surface area contributed by atoms with Gasteiger partial charge in [0.2, 0.25) is 0 Å². The summed E-state index contributed by atoms with van der Waals surface area (Å²) in [6, 6.07) is 39.9. The molecule has 0 atom stereocenters. The maximum Gasteiger partial charge on any atom is 0.165 e. The first-order chi connectivity index (χ1) is 23.3. The molecular weight excluding hydrogens is 580 g/mol. The van der Waals surface area contributed by atoms with Gasteiger partial charge in [-0.05, 0) is 59.0 Å². The molecule has 220 valence electrons. The Morgan fingerprint density at radius 2 is 1.15 bits per heavy atom. The third-order valence-electron chi connectivity index (χ3n) is 8.97. The van der Waals surface area contributed by atoms with Gasteiger partial charge in [0.1, 0.15) is 28.3 Å². The molecule has 0 fully saturated rings. The number of benzene rings is 5. The Hall–Kier alpha value is -6.60. The van der Waals surface area contributed by atoms with E-state index in [1.54, 1.807) is 18.6 Å². The van der Waals surface area contributed by atoms with Crippen LogP contribution in [-0.4, -0.2) is 28.7 Å². The second-order valence-corrected chi connectivity index (χ2v) is 11.6. The Morgan fingerprint density at radius 3 is 1.96 bits per heavy atom. The fourth-order valence-corrected chi connectivity index (χ4v) is 6.84. The van der Waals surface area contributed by atoms with E-state index in [2.05, 4.69) is 98.2 Å². The molecule has 5 aromatic heterocycles. The molecule has 5 aromatic carbocycles. The van der Waals surface area contributed by atoms with Gasteiger partial charge in [-0.1, -0.05) is 72.8 Å². The fourth-order valence-electron chi connectivity index (χ4n) is 6.84. The van der Waals surface area contributed by atoms with Crippen LogP contribution in [0.5, 0.6) is 11.5 Å². The number of nitrogens with zero attached hydrogens (tertiary/aromatic N) is 6. The second kappa shape index (κ2) is 9.95. The first-order valence-corrected chi connectivity index (χ1v) is 15.5. The second-order valence-electron chi connectivity index (χ2n) is 11.6. The van der Waals surface area contributed by atoms with Crippen molar-refractivity contribution in [3.05, 3.63) is 146 Å². The van der Waals surface area contributed by atoms with E-state index in [9.17, 15) is 0 Å². The van der Waals surface area contributed by atoms with Crippen LogP contribution in [0.1, 0.15) is 0 Å². The van der Waals surface area contributed by atoms with Crippen molar-refractivity contribution in [2.75, 3.05) is 0 Å². The minimum atomic E-state index is 0.711. The Balaban J connectivity index is 1.16. The molecule has 0 saturated carbocycles. The van der Waals surface area contributed by atoms with Crippen molar-refractivity contribution in [3.63, 3.8) is 0 Å². The van der Waals surface area contributed by atoms with Crippen LogP contribution in [-0.2, 0) is 0 Å². The van der Waals surface area contributed by atoms with Gasteiger partial charge < -0.3 is 4.74 Å². The number of rotatable bonds is 4. The van der Waals surface area contributed by atoms with Crippen LogP contribution in [0.3, 0.4) is 0 Å². The predicted octanol–water partition coefficient (Wildman–Crippen LogP) is 9.51. The standard InChI is InChI=1S/C40H24N6O/c1-3-7-25(8-4-1)27-11-14-31-30-15-12-28(22-33(30)39-44-24-36(46(39)35(31)21-27)26-9-5-2-6-10-26)47-29-13-16-32-34(23-29)38-43-19-20-45(38)40-37(32)41-17-18-42-40/h1-24H. The first kappa shape index (κ1) is 25.7. The summed E-state index contributed by atoms with van der Waals surface area (Å²) in [5, 5.41) is 5.21. The lowest BCUT2D eigenvalue weighted by atomic mass is 10.00. The highest BCUT2D eigenvalue weighted by molar-refractivity contribution is 6.13. The van der Waals surface area contributed by atoms with Crippen LogP contribution >= 0.6 is 0 Å². The predicted molar refractivity (Wildman–Crippen MR) is 187 cm³/mol. The number of aromatic nitrogens is 6. The zero-order chi connectivity index (χ0) is 30.9. The molecule has 0 radical (unpaired) electrons. The highest BCUT2D eigenvalue weighted by Gasteiger charge is 2.17. The number of hydrogen-bond acceptors (Lipinski definition) is 5. The number of pyridine rings is 2. The molecule has 5 heterocycles. The molecule has 7 nitrogen and oxygen atoms in total. The highest BCUT2D eigenvalue weighted by Crippen LogP contribution is 2.38. The van der Waals surface area contributed by atoms with Gasteiger partial charge in [-0.15, -0.1) is 0 Å². The van der Waals surface area contributed by atoms with E-state index in [0.29, 0.717) is 5.75 Å². The highest BCUT2D eigenvalue weighted by atomic mass is 16.5. The molecule has 0 spiro atoms. The number of fused-ring (bicyclic) bond motifs is 12. The zero-order valence-electron chi connectivity index (χ0n) is 24.9. The van der Waals surface area contributed by atoms with E-state index in [1.807, 2.05) is 53.2 Å². The van der Waals surface area contributed by atoms with Crippen LogP contribution in [0.15, 0.2) is 146 Å². The molecular formula is C40H24N6O. The molecule has 0 aliphatic rings. The third-order valence-corrected chi connectivity index (χ3v) is 8.97. The summed E-state index contributed by atoms with van der Waals surface area (Å²) < 4.78 is 10.8. The van der Waals surface area contributed by atoms with E-state index in [-0.39, 0.29) is 0 Å². The number of imidazole rings is 2. The van der Waals surface area contributed by atoms with Gasteiger partial charge in [-0.2, -0.15) is 0 Å². The molecule has 0 unspecified atom stereocenters. The van der Waals surface area contributed by atoms with E-state index in [1.165, 1.54) is 5.56 Å². The molecule has 0 aliphatic carbocycles. The summed E-state index contributed by atoms with van der Waals surface area (Å²) in [5.41, 5.74) is 8.88. The van der Waals surface area contributed by atoms with Crippen LogP contribution in [0.2, 0.25) is 0 Å². The zero-order valence-corrected chi connectivity index (χ0v) is 24.9. The summed E-state index contributed by atoms with van der Waals surface area (Å²) in [5.74, 6) is 1.44. The summed E-state index contributed by atoms with van der Waals surface area (Å²) >= 11 is 0. The monoisotopic (exact) mass is 604 g/mol. The maximum absolute atomic E-state index is 6.55. The van der Waals surface area contributed by atoms with E-state index in [0.717, 1.165) is 77.5 Å². The van der Waals surface area contributed by atoms with Crippen molar-refractivity contribution in [1.29, 1.82) is 0 Å². The van der Waals surface area contributed by atoms with Gasteiger partial charge >= 0.3 is 0 Å². The molecule has 7 heteroatoms. The van der Waals surface area contributed by atoms with Crippen LogP contribution < -0.4 is 4.74 Å². The Labute approximate surface area is 268 Å². The average molecular weight is 605 g/mol. The van der Waals surface area contributed by atoms with Gasteiger partial charge in [0.15, 0.2) is 5.65 Å². The molecule has 0 saturated heterocycles. The van der Waals surface area contributed by atoms with Gasteiger partial charge in [0, 0.05) is 51.9 Å². The van der Waals surface area contributed by atoms with Gasteiger partial charge in [-0.3, -0.25) is 13.8 Å². The molecule has 0 N–H and O–H groups in total. The fraction of sp³-hybridized carbons (Fsp3) is 0. The topological polar surface area (TPSA) is 69.6 Å². The average Bonchev–Trinajstić information content (AvgIpc) is 3.82. The molecule has 0 aliphatic heterocycles. The van der Waals surface area contributed by atoms with E-state index < -0.39 is 0 Å². The van der Waals surface area contributed by atoms with Crippen LogP contribution in [0.4, 0.5) is 0 Å². The normalized spacial score (nSPS) is 11.8. The Bertz CT molecular complexity index is 2820. The first-order valence-electron chi connectivity index (χ1n) is 15.5. The lowest BCUT2D eigenvalue weighted by Crippen LogP contribution is -1.96. The lowest BCUT2D eigenvalue weighted by molar-refractivity contribution is 0.484. The van der Waals surface area contributed by atoms with Crippen LogP contribution in [0, 0.1) is 0 Å². The maximum atomic E-state index is 6.55. The molecule has 10 rings (SSSR count). The molecule has 0 bridgehead atoms. The third kappa shape index (κ3) is 3.93. The number of ether oxygens (including phenoxy) is 1. The van der Waals surface area contributed by atoms with Gasteiger partial charge in [0.25, 0.3) is 0 Å². The lowest BCUT2D eigenvalue weighted by Gasteiger charge is -2.14. The van der Waals surface area contributed by atoms with Crippen molar-refractivity contribution >= 4 is 54.9 Å². The van der Waals surface area contributed by atoms with Gasteiger partial charge in [-0.25, -0.2) is 15.0 Å². The smallest absolute Gasteiger partial charge is 0.165 e. The SMILES string of the molecule is c1ccc(-c2ccc3c4ccc(Oc5ccc6c(c5)c5nccn5c5nccnc65)cc4c4ncc(-c5ccccc5)n4c3c2)cc1. The summed E-state index contributed by atoms with van der Waals surface area (Å²) in [6.07, 6.45) is 9.09. The van der Waals surface area contributed by atoms with E-state index >= 15 is 0 Å². The Morgan fingerprint density at radius 1 is 0.468 bits per heavy atom. The Kier molecular flexibility index (Phi) is 5.44. The number of hydrogen-bond donors (Lipinski definition) is 0. The largest absolute Gasteiger partial charge is 0.457 e. The minimum Gasteiger partial charge on any atom is -0.457 e. The van der Waals surface area contributed by atoms with Crippen molar-refractivity contribution in [3.8, 4) is 33.9 Å². The minimum absolute atomic E-state index is 0.711. The quantitative estimate of drug-likeness (QED) is 0.187. The van der Waals surface area contributed by atoms with Crippen LogP contribution in [0.25, 0.3) is 77.3 Å². The summed E-state index contributed by atoms with van der Waals surface area (Å²) in [6.45, 7) is 0. The van der Waals surface area contributed by atoms with Crippen molar-refractivity contribution in [2.24, 2.45) is 0 Å². The van der Waals surface area contributed by atoms with Crippen molar-refractivity contribution < 1.29 is 4.74 Å². The van der Waals surface area contributed by atoms with Crippen molar-refractivity contribution in [1.82, 2.24) is 28.7 Å². The summed E-state index contributed by atoms with van der Waals surface area (Å²) in [4.78, 5) is 18.8. The van der Waals surface area contributed by atoms with Crippen molar-refractivity contribution in [2.45, 2.75) is 0 Å². The van der Waals surface area contributed by atoms with Gasteiger partial charge in [0.05, 0.1) is 17.4 Å². The molecule has 0 amide bonds. The van der Waals surface area contributed by atoms with E-state index in [4.69, 9.17) is 9.72 Å². The molecule has 10 aromatic rings.